The molecule has 2 saturated heterocycles. The maximum Gasteiger partial charge on any atom is 0.210 e. The number of fused-ring (bicyclic) bond motifs is 3. The molecule has 0 aliphatic carbocycles. The molecule has 0 spiro atoms. The van der Waals surface area contributed by atoms with E-state index in [1.54, 1.807) is 12.3 Å². The van der Waals surface area contributed by atoms with Gasteiger partial charge in [-0.05, 0) is 25.0 Å². The Labute approximate surface area is 148 Å². The van der Waals surface area contributed by atoms with E-state index in [9.17, 15) is 9.18 Å². The summed E-state index contributed by atoms with van der Waals surface area (Å²) in [7, 11) is 0. The summed E-state index contributed by atoms with van der Waals surface area (Å²) in [6.07, 6.45) is 7.30. The molecule has 3 aromatic heterocycles. The number of piperazine rings is 1. The van der Waals surface area contributed by atoms with Crippen LogP contribution in [-0.2, 0) is 4.79 Å². The molecule has 2 unspecified atom stereocenters. The second-order valence-corrected chi connectivity index (χ2v) is 6.84. The maximum atomic E-state index is 14.1. The molecule has 5 rings (SSSR count). The summed E-state index contributed by atoms with van der Waals surface area (Å²) in [4.78, 5) is 31.2. The first-order valence-electron chi connectivity index (χ1n) is 8.66. The third kappa shape index (κ3) is 2.25. The number of rotatable bonds is 3. The van der Waals surface area contributed by atoms with Crippen molar-refractivity contribution in [2.24, 2.45) is 0 Å². The van der Waals surface area contributed by atoms with Gasteiger partial charge in [0.05, 0.1) is 17.3 Å². The number of nitrogens with one attached hydrogen (secondary N) is 1. The van der Waals surface area contributed by atoms with Crippen molar-refractivity contribution in [2.45, 2.75) is 24.9 Å². The highest BCUT2D eigenvalue weighted by atomic mass is 19.1. The fraction of sp³-hybridized carbons (Fsp3) is 0.333. The Bertz CT molecular complexity index is 975. The zero-order valence-corrected chi connectivity index (χ0v) is 14.0. The van der Waals surface area contributed by atoms with Crippen molar-refractivity contribution in [3.63, 3.8) is 0 Å². The van der Waals surface area contributed by atoms with Crippen molar-refractivity contribution in [1.82, 2.24) is 24.8 Å². The normalized spacial score (nSPS) is 22.2. The van der Waals surface area contributed by atoms with Gasteiger partial charge in [-0.15, -0.1) is 0 Å². The first-order chi connectivity index (χ1) is 12.7. The molecule has 2 aliphatic heterocycles. The van der Waals surface area contributed by atoms with Crippen molar-refractivity contribution >= 4 is 23.3 Å². The molecule has 2 bridgehead atoms. The molecule has 2 fully saturated rings. The van der Waals surface area contributed by atoms with Gasteiger partial charge in [0, 0.05) is 36.9 Å². The quantitative estimate of drug-likeness (QED) is 0.729. The lowest BCUT2D eigenvalue weighted by Gasteiger charge is -2.39. The molecule has 26 heavy (non-hydrogen) atoms. The smallest absolute Gasteiger partial charge is 0.210 e. The van der Waals surface area contributed by atoms with Gasteiger partial charge in [0.25, 0.3) is 0 Å². The van der Waals surface area contributed by atoms with Crippen molar-refractivity contribution in [3.05, 3.63) is 36.7 Å². The number of H-pyrrole nitrogens is 1. The number of aromatic nitrogens is 4. The molecule has 0 saturated carbocycles. The van der Waals surface area contributed by atoms with E-state index in [2.05, 4.69) is 24.8 Å². The minimum absolute atomic E-state index is 0.229. The number of hydrogen-bond acceptors (Lipinski definition) is 5. The summed E-state index contributed by atoms with van der Waals surface area (Å²) in [5.41, 5.74) is 1.78. The highest BCUT2D eigenvalue weighted by molar-refractivity contribution is 5.92. The van der Waals surface area contributed by atoms with Gasteiger partial charge in [-0.3, -0.25) is 9.78 Å². The summed E-state index contributed by atoms with van der Waals surface area (Å²) in [5, 5.41) is 0.859. The molecular formula is C18H17FN6O. The van der Waals surface area contributed by atoms with Gasteiger partial charge in [-0.2, -0.15) is 0 Å². The number of anilines is 1. The molecule has 0 aromatic carbocycles. The number of amides is 1. The number of nitrogens with zero attached hydrogens (tertiary/aromatic N) is 5. The van der Waals surface area contributed by atoms with Crippen LogP contribution < -0.4 is 4.90 Å². The Morgan fingerprint density at radius 2 is 2.04 bits per heavy atom. The van der Waals surface area contributed by atoms with Gasteiger partial charge in [-0.25, -0.2) is 14.4 Å². The van der Waals surface area contributed by atoms with Crippen LogP contribution in [-0.4, -0.2) is 56.4 Å². The number of hydrogen-bond donors (Lipinski definition) is 1. The Hall–Kier alpha value is -3.03. The fourth-order valence-electron chi connectivity index (χ4n) is 4.20. The molecule has 5 heterocycles. The van der Waals surface area contributed by atoms with Crippen LogP contribution in [0.1, 0.15) is 12.8 Å². The van der Waals surface area contributed by atoms with Crippen LogP contribution in [0.3, 0.4) is 0 Å². The second-order valence-electron chi connectivity index (χ2n) is 6.84. The minimum Gasteiger partial charge on any atom is -0.352 e. The molecule has 7 nitrogen and oxygen atoms in total. The lowest BCUT2D eigenvalue weighted by atomic mass is 10.1. The second kappa shape index (κ2) is 5.76. The fourth-order valence-corrected chi connectivity index (χ4v) is 4.20. The highest BCUT2D eigenvalue weighted by Gasteiger charge is 2.39. The molecule has 0 radical (unpaired) electrons. The summed E-state index contributed by atoms with van der Waals surface area (Å²) in [5.74, 6) is 0.445. The van der Waals surface area contributed by atoms with E-state index in [0.29, 0.717) is 16.9 Å². The predicted molar refractivity (Wildman–Crippen MR) is 94.0 cm³/mol. The van der Waals surface area contributed by atoms with E-state index >= 15 is 0 Å². The van der Waals surface area contributed by atoms with Gasteiger partial charge >= 0.3 is 0 Å². The number of aromatic amines is 1. The van der Waals surface area contributed by atoms with E-state index in [4.69, 9.17) is 0 Å². The number of carbonyl (C=O) groups excluding carboxylic acids is 1. The largest absolute Gasteiger partial charge is 0.352 e. The van der Waals surface area contributed by atoms with E-state index in [1.165, 1.54) is 12.5 Å². The highest BCUT2D eigenvalue weighted by Crippen LogP contribution is 2.34. The molecule has 132 valence electrons. The molecule has 8 heteroatoms. The van der Waals surface area contributed by atoms with E-state index < -0.39 is 0 Å². The summed E-state index contributed by atoms with van der Waals surface area (Å²) < 4.78 is 14.1. The van der Waals surface area contributed by atoms with Crippen LogP contribution in [0.25, 0.3) is 22.3 Å². The summed E-state index contributed by atoms with van der Waals surface area (Å²) in [6, 6.07) is 3.98. The van der Waals surface area contributed by atoms with Crippen LogP contribution in [0, 0.1) is 5.82 Å². The van der Waals surface area contributed by atoms with Crippen molar-refractivity contribution in [1.29, 1.82) is 0 Å². The molecule has 2 atom stereocenters. The Morgan fingerprint density at radius 1 is 1.23 bits per heavy atom. The first kappa shape index (κ1) is 15.2. The lowest BCUT2D eigenvalue weighted by molar-refractivity contribution is -0.121. The number of halogens is 1. The SMILES string of the molecule is O=CN1C2CCC1CN(c1ncnc3[nH]c(-c4ccncc4F)cc13)C2. The number of pyridine rings is 1. The van der Waals surface area contributed by atoms with Gasteiger partial charge < -0.3 is 14.8 Å². The van der Waals surface area contributed by atoms with Gasteiger partial charge in [0.1, 0.15) is 17.8 Å². The molecule has 2 aliphatic rings. The zero-order chi connectivity index (χ0) is 17.7. The van der Waals surface area contributed by atoms with E-state index in [1.807, 2.05) is 11.0 Å². The zero-order valence-electron chi connectivity index (χ0n) is 14.0. The van der Waals surface area contributed by atoms with Gasteiger partial charge in [0.15, 0.2) is 5.82 Å². The molecule has 1 N–H and O–H groups in total. The molecular weight excluding hydrogens is 335 g/mol. The minimum atomic E-state index is -0.383. The van der Waals surface area contributed by atoms with Gasteiger partial charge in [-0.1, -0.05) is 0 Å². The summed E-state index contributed by atoms with van der Waals surface area (Å²) >= 11 is 0. The average molecular weight is 352 g/mol. The topological polar surface area (TPSA) is 78.0 Å². The van der Waals surface area contributed by atoms with Crippen LogP contribution in [0.5, 0.6) is 0 Å². The predicted octanol–water partition coefficient (Wildman–Crippen LogP) is 1.97. The van der Waals surface area contributed by atoms with Crippen molar-refractivity contribution in [3.8, 4) is 11.3 Å². The summed E-state index contributed by atoms with van der Waals surface area (Å²) in [6.45, 7) is 1.51. The van der Waals surface area contributed by atoms with E-state index in [-0.39, 0.29) is 17.9 Å². The third-order valence-corrected chi connectivity index (χ3v) is 5.43. The van der Waals surface area contributed by atoms with Crippen molar-refractivity contribution < 1.29 is 9.18 Å². The third-order valence-electron chi connectivity index (χ3n) is 5.43. The van der Waals surface area contributed by atoms with Crippen LogP contribution in [0.4, 0.5) is 10.2 Å². The van der Waals surface area contributed by atoms with Crippen LogP contribution >= 0.6 is 0 Å². The Kier molecular flexibility index (Phi) is 3.37. The lowest BCUT2D eigenvalue weighted by Crippen LogP contribution is -2.53. The Morgan fingerprint density at radius 3 is 2.77 bits per heavy atom. The van der Waals surface area contributed by atoms with Gasteiger partial charge in [0.2, 0.25) is 6.41 Å². The monoisotopic (exact) mass is 352 g/mol. The molecule has 1 amide bonds. The maximum absolute atomic E-state index is 14.1. The van der Waals surface area contributed by atoms with Crippen LogP contribution in [0.15, 0.2) is 30.9 Å². The average Bonchev–Trinajstić information content (AvgIpc) is 3.19. The molecule has 3 aromatic rings. The Balaban J connectivity index is 1.55. The van der Waals surface area contributed by atoms with Crippen molar-refractivity contribution in [2.75, 3.05) is 18.0 Å². The number of carbonyl (C=O) groups is 1. The first-order valence-corrected chi connectivity index (χ1v) is 8.66. The van der Waals surface area contributed by atoms with E-state index in [0.717, 1.165) is 43.5 Å². The standard InChI is InChI=1S/C18H17FN6O/c19-15-6-20-4-3-13(15)16-5-14-17(23-16)21-9-22-18(14)24-7-11-1-2-12(8-24)25(11)10-26/h3-6,9-12H,1-2,7-8H2,(H,21,22,23). The van der Waals surface area contributed by atoms with Crippen LogP contribution in [0.2, 0.25) is 0 Å².